The maximum absolute atomic E-state index is 13.3. The highest BCUT2D eigenvalue weighted by Gasteiger charge is 2.22. The van der Waals surface area contributed by atoms with Crippen molar-refractivity contribution in [3.63, 3.8) is 0 Å². The van der Waals surface area contributed by atoms with E-state index in [1.165, 1.54) is 14.8 Å². The fourth-order valence-corrected chi connectivity index (χ4v) is 4.61. The summed E-state index contributed by atoms with van der Waals surface area (Å²) in [5, 5.41) is 17.3. The van der Waals surface area contributed by atoms with Crippen LogP contribution in [0.1, 0.15) is 25.8 Å². The minimum atomic E-state index is -0.390. The summed E-state index contributed by atoms with van der Waals surface area (Å²) in [6, 6.07) is 14.8. The summed E-state index contributed by atoms with van der Waals surface area (Å²) in [6.45, 7) is 6.76. The molecule has 2 N–H and O–H groups in total. The Kier molecular flexibility index (Phi) is 8.05. The van der Waals surface area contributed by atoms with Crippen molar-refractivity contribution in [2.24, 2.45) is 5.92 Å². The standard InChI is InChI=1S/C26H32ClN5O3/c1-18(2)28-24(34)16-31-25(21-4-3-5-22(27)14-21)29-32(26(31)35)23-8-6-19(7-9-23)10-12-30-13-11-20(15-30)17-33/h3-9,14,18,20,33H,10-13,15-17H2,1-2H3,(H,28,34). The molecule has 0 bridgehead atoms. The average molecular weight is 498 g/mol. The number of amides is 1. The second-order valence-corrected chi connectivity index (χ2v) is 9.83. The van der Waals surface area contributed by atoms with Gasteiger partial charge < -0.3 is 15.3 Å². The normalized spacial score (nSPS) is 16.2. The molecular weight excluding hydrogens is 466 g/mol. The number of hydrogen-bond donors (Lipinski definition) is 2. The van der Waals surface area contributed by atoms with Crippen LogP contribution in [0.25, 0.3) is 17.1 Å². The largest absolute Gasteiger partial charge is 0.396 e. The molecule has 4 rings (SSSR count). The number of aliphatic hydroxyl groups excluding tert-OH is 1. The van der Waals surface area contributed by atoms with E-state index in [1.807, 2.05) is 44.2 Å². The fourth-order valence-electron chi connectivity index (χ4n) is 4.42. The van der Waals surface area contributed by atoms with Crippen LogP contribution in [0.15, 0.2) is 53.3 Å². The van der Waals surface area contributed by atoms with Crippen LogP contribution in [0, 0.1) is 5.92 Å². The summed E-state index contributed by atoms with van der Waals surface area (Å²) in [6.07, 6.45) is 1.94. The third kappa shape index (κ3) is 6.20. The maximum atomic E-state index is 13.3. The van der Waals surface area contributed by atoms with E-state index >= 15 is 0 Å². The highest BCUT2D eigenvalue weighted by molar-refractivity contribution is 6.30. The summed E-state index contributed by atoms with van der Waals surface area (Å²) in [7, 11) is 0. The average Bonchev–Trinajstić information content (AvgIpc) is 3.42. The van der Waals surface area contributed by atoms with Crippen LogP contribution in [0.3, 0.4) is 0 Å². The molecule has 0 saturated carbocycles. The molecule has 1 aliphatic heterocycles. The Morgan fingerprint density at radius 2 is 2.00 bits per heavy atom. The number of hydrogen-bond acceptors (Lipinski definition) is 5. The molecule has 1 aliphatic rings. The SMILES string of the molecule is CC(C)NC(=O)Cn1c(-c2cccc(Cl)c2)nn(-c2ccc(CCN3CCC(CO)C3)cc2)c1=O. The van der Waals surface area contributed by atoms with Gasteiger partial charge in [0.2, 0.25) is 5.91 Å². The number of benzene rings is 2. The van der Waals surface area contributed by atoms with Gasteiger partial charge in [0, 0.05) is 36.3 Å². The molecule has 0 aliphatic carbocycles. The van der Waals surface area contributed by atoms with Gasteiger partial charge in [0.15, 0.2) is 5.82 Å². The molecule has 3 aromatic rings. The highest BCUT2D eigenvalue weighted by Crippen LogP contribution is 2.21. The molecule has 1 aromatic heterocycles. The van der Waals surface area contributed by atoms with Crippen molar-refractivity contribution in [1.82, 2.24) is 24.6 Å². The first kappa shape index (κ1) is 25.2. The molecule has 1 unspecified atom stereocenters. The second-order valence-electron chi connectivity index (χ2n) is 9.39. The number of aromatic nitrogens is 3. The van der Waals surface area contributed by atoms with E-state index in [2.05, 4.69) is 15.3 Å². The molecule has 2 heterocycles. The van der Waals surface area contributed by atoms with Gasteiger partial charge in [0.05, 0.1) is 5.69 Å². The zero-order chi connectivity index (χ0) is 24.9. The Hall–Kier alpha value is -2.94. The Morgan fingerprint density at radius 3 is 2.66 bits per heavy atom. The fraction of sp³-hybridized carbons (Fsp3) is 0.423. The number of carbonyl (C=O) groups excluding carboxylic acids is 1. The van der Waals surface area contributed by atoms with Crippen molar-refractivity contribution >= 4 is 17.5 Å². The van der Waals surface area contributed by atoms with Crippen LogP contribution in [-0.2, 0) is 17.8 Å². The number of nitrogens with zero attached hydrogens (tertiary/aromatic N) is 4. The third-order valence-corrected chi connectivity index (χ3v) is 6.46. The van der Waals surface area contributed by atoms with Crippen molar-refractivity contribution in [3.8, 4) is 17.1 Å². The first-order chi connectivity index (χ1) is 16.8. The van der Waals surface area contributed by atoms with Crippen molar-refractivity contribution in [3.05, 3.63) is 69.6 Å². The van der Waals surface area contributed by atoms with Crippen LogP contribution in [0.2, 0.25) is 5.02 Å². The quantitative estimate of drug-likeness (QED) is 0.474. The smallest absolute Gasteiger partial charge is 0.351 e. The lowest BCUT2D eigenvalue weighted by molar-refractivity contribution is -0.122. The van der Waals surface area contributed by atoms with E-state index < -0.39 is 5.69 Å². The molecule has 1 fully saturated rings. The Balaban J connectivity index is 1.57. The van der Waals surface area contributed by atoms with Gasteiger partial charge in [-0.1, -0.05) is 35.9 Å². The van der Waals surface area contributed by atoms with E-state index in [1.54, 1.807) is 18.2 Å². The molecule has 8 nitrogen and oxygen atoms in total. The highest BCUT2D eigenvalue weighted by atomic mass is 35.5. The van der Waals surface area contributed by atoms with Gasteiger partial charge in [-0.3, -0.25) is 9.36 Å². The third-order valence-electron chi connectivity index (χ3n) is 6.22. The Bertz CT molecular complexity index is 1220. The van der Waals surface area contributed by atoms with Gasteiger partial charge in [-0.25, -0.2) is 4.79 Å². The topological polar surface area (TPSA) is 92.4 Å². The number of rotatable bonds is 9. The van der Waals surface area contributed by atoms with E-state index in [9.17, 15) is 14.7 Å². The summed E-state index contributed by atoms with van der Waals surface area (Å²) in [5.74, 6) is 0.509. The van der Waals surface area contributed by atoms with E-state index in [0.717, 1.165) is 32.5 Å². The molecule has 35 heavy (non-hydrogen) atoms. The van der Waals surface area contributed by atoms with E-state index in [-0.39, 0.29) is 25.1 Å². The number of halogens is 1. The van der Waals surface area contributed by atoms with Crippen LogP contribution in [-0.4, -0.2) is 62.5 Å². The second kappa shape index (κ2) is 11.2. The lowest BCUT2D eigenvalue weighted by Crippen LogP contribution is -2.36. The number of nitrogens with one attached hydrogen (secondary N) is 1. The molecule has 0 radical (unpaired) electrons. The van der Waals surface area contributed by atoms with Gasteiger partial charge in [0.25, 0.3) is 0 Å². The first-order valence-corrected chi connectivity index (χ1v) is 12.4. The molecule has 2 aromatic carbocycles. The predicted octanol–water partition coefficient (Wildman–Crippen LogP) is 2.74. The van der Waals surface area contributed by atoms with E-state index in [0.29, 0.717) is 28.0 Å². The Labute approximate surface area is 210 Å². The van der Waals surface area contributed by atoms with Crippen molar-refractivity contribution < 1.29 is 9.90 Å². The van der Waals surface area contributed by atoms with Gasteiger partial charge in [-0.2, -0.15) is 4.68 Å². The lowest BCUT2D eigenvalue weighted by Gasteiger charge is -2.15. The molecule has 9 heteroatoms. The van der Waals surface area contributed by atoms with Gasteiger partial charge in [0.1, 0.15) is 6.54 Å². The van der Waals surface area contributed by atoms with Crippen LogP contribution >= 0.6 is 11.6 Å². The van der Waals surface area contributed by atoms with Crippen LogP contribution in [0.4, 0.5) is 0 Å². The Morgan fingerprint density at radius 1 is 1.23 bits per heavy atom. The number of carbonyl (C=O) groups is 1. The van der Waals surface area contributed by atoms with Crippen LogP contribution in [0.5, 0.6) is 0 Å². The summed E-state index contributed by atoms with van der Waals surface area (Å²) in [4.78, 5) is 28.2. The first-order valence-electron chi connectivity index (χ1n) is 12.0. The van der Waals surface area contributed by atoms with Gasteiger partial charge in [-0.15, -0.1) is 5.10 Å². The molecule has 1 saturated heterocycles. The van der Waals surface area contributed by atoms with E-state index in [4.69, 9.17) is 11.6 Å². The summed E-state index contributed by atoms with van der Waals surface area (Å²) >= 11 is 6.18. The number of aliphatic hydroxyl groups is 1. The molecular formula is C26H32ClN5O3. The van der Waals surface area contributed by atoms with Gasteiger partial charge >= 0.3 is 5.69 Å². The lowest BCUT2D eigenvalue weighted by atomic mass is 10.1. The van der Waals surface area contributed by atoms with Gasteiger partial charge in [-0.05, 0) is 69.0 Å². The molecule has 0 spiro atoms. The monoisotopic (exact) mass is 497 g/mol. The molecule has 186 valence electrons. The minimum Gasteiger partial charge on any atom is -0.396 e. The van der Waals surface area contributed by atoms with Crippen molar-refractivity contribution in [1.29, 1.82) is 0 Å². The predicted molar refractivity (Wildman–Crippen MR) is 137 cm³/mol. The number of likely N-dealkylation sites (tertiary alicyclic amines) is 1. The molecule has 1 amide bonds. The maximum Gasteiger partial charge on any atom is 0.351 e. The minimum absolute atomic E-state index is 0.0366. The van der Waals surface area contributed by atoms with Crippen LogP contribution < -0.4 is 11.0 Å². The molecule has 1 atom stereocenters. The van der Waals surface area contributed by atoms with Crippen molar-refractivity contribution in [2.75, 3.05) is 26.2 Å². The summed E-state index contributed by atoms with van der Waals surface area (Å²) in [5.41, 5.74) is 2.07. The summed E-state index contributed by atoms with van der Waals surface area (Å²) < 4.78 is 2.71. The zero-order valence-electron chi connectivity index (χ0n) is 20.2. The zero-order valence-corrected chi connectivity index (χ0v) is 20.9. The van der Waals surface area contributed by atoms with Crippen molar-refractivity contribution in [2.45, 2.75) is 39.3 Å².